The van der Waals surface area contributed by atoms with E-state index in [1.807, 2.05) is 20.8 Å². The van der Waals surface area contributed by atoms with Gasteiger partial charge in [0, 0.05) is 32.0 Å². The molecule has 6 heteroatoms. The highest BCUT2D eigenvalue weighted by atomic mass is 16.7. The summed E-state index contributed by atoms with van der Waals surface area (Å²) in [6, 6.07) is 1.37. The van der Waals surface area contributed by atoms with Crippen LogP contribution in [0.5, 0.6) is 0 Å². The normalized spacial score (nSPS) is 11.1. The fraction of sp³-hybridized carbons (Fsp3) is 0.667. The Morgan fingerprint density at radius 3 is 2.28 bits per heavy atom. The van der Waals surface area contributed by atoms with Crippen LogP contribution in [-0.4, -0.2) is 28.6 Å². The fourth-order valence-corrected chi connectivity index (χ4v) is 1.64. The van der Waals surface area contributed by atoms with E-state index in [2.05, 4.69) is 0 Å². The van der Waals surface area contributed by atoms with E-state index in [0.717, 1.165) is 4.57 Å². The van der Waals surface area contributed by atoms with Crippen molar-refractivity contribution in [3.05, 3.63) is 33.1 Å². The van der Waals surface area contributed by atoms with Gasteiger partial charge in [0.25, 0.3) is 5.56 Å². The van der Waals surface area contributed by atoms with Crippen molar-refractivity contribution < 1.29 is 9.47 Å². The van der Waals surface area contributed by atoms with Gasteiger partial charge in [-0.25, -0.2) is 4.79 Å². The van der Waals surface area contributed by atoms with Gasteiger partial charge in [0.1, 0.15) is 0 Å². The first-order valence-electron chi connectivity index (χ1n) is 6.17. The Kier molecular flexibility index (Phi) is 5.80. The zero-order chi connectivity index (χ0) is 13.5. The summed E-state index contributed by atoms with van der Waals surface area (Å²) in [6.45, 7) is 7.09. The SMILES string of the molecule is CCOC(Cn1c(=O)ccn(CC)c1=O)OCC. The van der Waals surface area contributed by atoms with Crippen molar-refractivity contribution in [2.75, 3.05) is 13.2 Å². The molecule has 0 radical (unpaired) electrons. The molecule has 0 aliphatic heterocycles. The molecule has 0 amide bonds. The minimum atomic E-state index is -0.571. The zero-order valence-electron chi connectivity index (χ0n) is 11.1. The molecule has 0 spiro atoms. The van der Waals surface area contributed by atoms with Crippen LogP contribution in [-0.2, 0) is 22.6 Å². The average Bonchev–Trinajstić information content (AvgIpc) is 2.35. The largest absolute Gasteiger partial charge is 0.351 e. The first-order valence-corrected chi connectivity index (χ1v) is 6.17. The molecule has 0 saturated carbocycles. The minimum absolute atomic E-state index is 0.111. The Labute approximate surface area is 106 Å². The summed E-state index contributed by atoms with van der Waals surface area (Å²) in [6.07, 6.45) is 0.926. The van der Waals surface area contributed by atoms with Crippen LogP contribution < -0.4 is 11.2 Å². The van der Waals surface area contributed by atoms with Gasteiger partial charge in [-0.15, -0.1) is 0 Å². The highest BCUT2D eigenvalue weighted by Gasteiger charge is 2.13. The number of hydrogen-bond acceptors (Lipinski definition) is 4. The molecule has 18 heavy (non-hydrogen) atoms. The van der Waals surface area contributed by atoms with Crippen molar-refractivity contribution in [2.45, 2.75) is 40.2 Å². The van der Waals surface area contributed by atoms with Crippen LogP contribution >= 0.6 is 0 Å². The molecule has 0 N–H and O–H groups in total. The Hall–Kier alpha value is -1.40. The van der Waals surface area contributed by atoms with E-state index >= 15 is 0 Å². The Morgan fingerprint density at radius 2 is 1.78 bits per heavy atom. The molecule has 0 unspecified atom stereocenters. The van der Waals surface area contributed by atoms with Gasteiger partial charge in [-0.3, -0.25) is 9.36 Å². The lowest BCUT2D eigenvalue weighted by molar-refractivity contribution is -0.144. The van der Waals surface area contributed by atoms with Crippen molar-refractivity contribution in [1.29, 1.82) is 0 Å². The van der Waals surface area contributed by atoms with E-state index in [1.165, 1.54) is 16.8 Å². The van der Waals surface area contributed by atoms with Crippen molar-refractivity contribution >= 4 is 0 Å². The van der Waals surface area contributed by atoms with Crippen molar-refractivity contribution in [2.24, 2.45) is 0 Å². The van der Waals surface area contributed by atoms with Crippen molar-refractivity contribution in [1.82, 2.24) is 9.13 Å². The minimum Gasteiger partial charge on any atom is -0.351 e. The van der Waals surface area contributed by atoms with Gasteiger partial charge in [-0.2, -0.15) is 0 Å². The molecule has 1 rings (SSSR count). The molecule has 0 aliphatic carbocycles. The predicted octanol–water partition coefficient (Wildman–Crippen LogP) is 0.429. The van der Waals surface area contributed by atoms with E-state index < -0.39 is 6.29 Å². The quantitative estimate of drug-likeness (QED) is 0.664. The molecule has 1 aromatic rings. The maximum absolute atomic E-state index is 12.0. The maximum atomic E-state index is 12.0. The second-order valence-corrected chi connectivity index (χ2v) is 3.67. The molecule has 0 saturated heterocycles. The molecule has 6 nitrogen and oxygen atoms in total. The van der Waals surface area contributed by atoms with Crippen LogP contribution in [0, 0.1) is 0 Å². The Morgan fingerprint density at radius 1 is 1.17 bits per heavy atom. The van der Waals surface area contributed by atoms with Gasteiger partial charge in [0.05, 0.1) is 6.54 Å². The van der Waals surface area contributed by atoms with Crippen LogP contribution in [0.3, 0.4) is 0 Å². The fourth-order valence-electron chi connectivity index (χ4n) is 1.64. The van der Waals surface area contributed by atoms with Crippen LogP contribution in [0.1, 0.15) is 20.8 Å². The zero-order valence-corrected chi connectivity index (χ0v) is 11.1. The summed E-state index contributed by atoms with van der Waals surface area (Å²) < 4.78 is 13.3. The maximum Gasteiger partial charge on any atom is 0.331 e. The average molecular weight is 256 g/mol. The van der Waals surface area contributed by atoms with Gasteiger partial charge in [-0.1, -0.05) is 0 Å². The highest BCUT2D eigenvalue weighted by Crippen LogP contribution is 1.97. The number of aryl methyl sites for hydroxylation is 1. The third-order valence-electron chi connectivity index (χ3n) is 2.52. The van der Waals surface area contributed by atoms with E-state index in [4.69, 9.17) is 9.47 Å². The first kappa shape index (κ1) is 14.7. The lowest BCUT2D eigenvalue weighted by atomic mass is 10.5. The summed E-state index contributed by atoms with van der Waals surface area (Å²) in [5.74, 6) is 0. The van der Waals surface area contributed by atoms with Crippen molar-refractivity contribution in [3.63, 3.8) is 0 Å². The van der Waals surface area contributed by atoms with E-state index in [-0.39, 0.29) is 17.8 Å². The van der Waals surface area contributed by atoms with E-state index in [1.54, 1.807) is 0 Å². The first-order chi connectivity index (χ1) is 8.63. The van der Waals surface area contributed by atoms with E-state index in [0.29, 0.717) is 19.8 Å². The summed E-state index contributed by atoms with van der Waals surface area (Å²) in [4.78, 5) is 23.7. The molecule has 0 aliphatic rings. The van der Waals surface area contributed by atoms with Gasteiger partial charge in [0.15, 0.2) is 6.29 Å². The number of aromatic nitrogens is 2. The molecule has 0 fully saturated rings. The van der Waals surface area contributed by atoms with Gasteiger partial charge >= 0.3 is 5.69 Å². The third-order valence-corrected chi connectivity index (χ3v) is 2.52. The lowest BCUT2D eigenvalue weighted by Crippen LogP contribution is -2.42. The van der Waals surface area contributed by atoms with Gasteiger partial charge in [0.2, 0.25) is 0 Å². The summed E-state index contributed by atoms with van der Waals surface area (Å²) in [5, 5.41) is 0. The second kappa shape index (κ2) is 7.13. The Balaban J connectivity index is 3.01. The molecular weight excluding hydrogens is 236 g/mol. The molecule has 0 aromatic carbocycles. The van der Waals surface area contributed by atoms with E-state index in [9.17, 15) is 9.59 Å². The monoisotopic (exact) mass is 256 g/mol. The van der Waals surface area contributed by atoms with Gasteiger partial charge in [-0.05, 0) is 20.8 Å². The summed E-state index contributed by atoms with van der Waals surface area (Å²) in [7, 11) is 0. The molecule has 1 heterocycles. The van der Waals surface area contributed by atoms with Crippen LogP contribution in [0.4, 0.5) is 0 Å². The predicted molar refractivity (Wildman–Crippen MR) is 67.7 cm³/mol. The lowest BCUT2D eigenvalue weighted by Gasteiger charge is -2.18. The third kappa shape index (κ3) is 3.54. The number of rotatable bonds is 7. The Bertz CT molecular complexity index is 472. The smallest absolute Gasteiger partial charge is 0.331 e. The number of hydrogen-bond donors (Lipinski definition) is 0. The summed E-state index contributed by atoms with van der Waals surface area (Å²) in [5.41, 5.74) is -0.677. The van der Waals surface area contributed by atoms with Crippen molar-refractivity contribution in [3.8, 4) is 0 Å². The van der Waals surface area contributed by atoms with Crippen LogP contribution in [0.25, 0.3) is 0 Å². The van der Waals surface area contributed by atoms with Gasteiger partial charge < -0.3 is 14.0 Å². The van der Waals surface area contributed by atoms with Crippen LogP contribution in [0.2, 0.25) is 0 Å². The highest BCUT2D eigenvalue weighted by molar-refractivity contribution is 4.86. The molecular formula is C12H20N2O4. The topological polar surface area (TPSA) is 62.5 Å². The summed E-state index contributed by atoms with van der Waals surface area (Å²) >= 11 is 0. The molecule has 1 aromatic heterocycles. The molecule has 102 valence electrons. The number of nitrogens with zero attached hydrogens (tertiary/aromatic N) is 2. The standard InChI is InChI=1S/C12H20N2O4/c1-4-13-8-7-10(15)14(12(13)16)9-11(17-5-2)18-6-3/h7-8,11H,4-6,9H2,1-3H3. The molecule has 0 atom stereocenters. The molecule has 0 bridgehead atoms. The number of ether oxygens (including phenoxy) is 2. The van der Waals surface area contributed by atoms with Crippen LogP contribution in [0.15, 0.2) is 21.9 Å². The second-order valence-electron chi connectivity index (χ2n) is 3.67.